The number of hydrogen-bond donors (Lipinski definition) is 2. The van der Waals surface area contributed by atoms with Gasteiger partial charge in [0.15, 0.2) is 0 Å². The minimum absolute atomic E-state index is 0.0563. The van der Waals surface area contributed by atoms with E-state index in [-0.39, 0.29) is 11.5 Å². The van der Waals surface area contributed by atoms with Crippen LogP contribution in [0.25, 0.3) is 10.2 Å². The molecule has 0 saturated carbocycles. The highest BCUT2D eigenvalue weighted by atomic mass is 32.2. The monoisotopic (exact) mass is 360 g/mol. The van der Waals surface area contributed by atoms with Gasteiger partial charge in [0.25, 0.3) is 5.56 Å². The first-order valence-electron chi connectivity index (χ1n) is 7.34. The second-order valence-corrected chi connectivity index (χ2v) is 7.44. The number of fused-ring (bicyclic) bond motifs is 1. The molecule has 3 aromatic rings. The molecule has 0 aliphatic heterocycles. The van der Waals surface area contributed by atoms with Gasteiger partial charge in [-0.15, -0.1) is 23.1 Å². The molecule has 24 heavy (non-hydrogen) atoms. The zero-order valence-corrected chi connectivity index (χ0v) is 14.7. The van der Waals surface area contributed by atoms with Crippen LogP contribution in [-0.2, 0) is 17.1 Å². The Morgan fingerprint density at radius 1 is 1.46 bits per heavy atom. The normalized spacial score (nSPS) is 10.9. The van der Waals surface area contributed by atoms with Crippen molar-refractivity contribution in [3.05, 3.63) is 57.2 Å². The van der Waals surface area contributed by atoms with Crippen LogP contribution in [0.5, 0.6) is 0 Å². The lowest BCUT2D eigenvalue weighted by Crippen LogP contribution is -2.24. The van der Waals surface area contributed by atoms with Gasteiger partial charge in [-0.25, -0.2) is 4.98 Å². The number of thioether (sulfide) groups is 1. The Kier molecular flexibility index (Phi) is 5.27. The summed E-state index contributed by atoms with van der Waals surface area (Å²) in [5, 5.41) is 3.46. The average Bonchev–Trinajstić information content (AvgIpc) is 2.95. The van der Waals surface area contributed by atoms with Crippen molar-refractivity contribution in [1.29, 1.82) is 0 Å². The van der Waals surface area contributed by atoms with E-state index in [4.69, 9.17) is 0 Å². The maximum Gasteiger partial charge on any atom is 0.259 e. The molecule has 2 N–H and O–H groups in total. The molecule has 0 atom stereocenters. The number of aromatic amines is 1. The molecule has 0 spiro atoms. The van der Waals surface area contributed by atoms with Crippen molar-refractivity contribution in [3.63, 3.8) is 0 Å². The summed E-state index contributed by atoms with van der Waals surface area (Å²) in [6.07, 6.45) is 3.42. The smallest absolute Gasteiger partial charge is 0.259 e. The van der Waals surface area contributed by atoms with Crippen molar-refractivity contribution in [2.45, 2.75) is 19.2 Å². The maximum absolute atomic E-state index is 12.0. The summed E-state index contributed by atoms with van der Waals surface area (Å²) in [5.74, 6) is 1.34. The van der Waals surface area contributed by atoms with Gasteiger partial charge < -0.3 is 10.3 Å². The fourth-order valence-corrected chi connectivity index (χ4v) is 3.78. The van der Waals surface area contributed by atoms with Crippen LogP contribution in [-0.4, -0.2) is 26.6 Å². The van der Waals surface area contributed by atoms with E-state index in [9.17, 15) is 9.59 Å². The molecule has 124 valence electrons. The molecule has 6 nitrogen and oxygen atoms in total. The molecule has 0 aliphatic rings. The van der Waals surface area contributed by atoms with Crippen LogP contribution in [0, 0.1) is 6.92 Å². The topological polar surface area (TPSA) is 87.7 Å². The first-order valence-corrected chi connectivity index (χ1v) is 9.31. The molecule has 0 radical (unpaired) electrons. The van der Waals surface area contributed by atoms with E-state index in [1.807, 2.05) is 25.1 Å². The third kappa shape index (κ3) is 4.21. The number of carbonyl (C=O) groups is 1. The molecule has 3 heterocycles. The molecule has 0 unspecified atom stereocenters. The van der Waals surface area contributed by atoms with Crippen molar-refractivity contribution < 1.29 is 4.79 Å². The molecule has 0 fully saturated rings. The summed E-state index contributed by atoms with van der Waals surface area (Å²) in [6.45, 7) is 2.41. The van der Waals surface area contributed by atoms with Gasteiger partial charge in [0.2, 0.25) is 5.91 Å². The number of hydrogen-bond acceptors (Lipinski definition) is 6. The molecular formula is C16H16N4O2S2. The van der Waals surface area contributed by atoms with Crippen molar-refractivity contribution >= 4 is 39.2 Å². The predicted molar refractivity (Wildman–Crippen MR) is 97.2 cm³/mol. The molecule has 1 amide bonds. The van der Waals surface area contributed by atoms with E-state index >= 15 is 0 Å². The summed E-state index contributed by atoms with van der Waals surface area (Å²) in [5.41, 5.74) is 0.835. The lowest BCUT2D eigenvalue weighted by atomic mass is 10.3. The largest absolute Gasteiger partial charge is 0.351 e. The zero-order chi connectivity index (χ0) is 16.9. The van der Waals surface area contributed by atoms with Crippen LogP contribution in [0.1, 0.15) is 16.3 Å². The summed E-state index contributed by atoms with van der Waals surface area (Å²) in [7, 11) is 0. The van der Waals surface area contributed by atoms with Crippen LogP contribution in [0.15, 0.2) is 35.4 Å². The maximum atomic E-state index is 12.0. The first kappa shape index (κ1) is 16.7. The molecular weight excluding hydrogens is 344 g/mol. The van der Waals surface area contributed by atoms with Gasteiger partial charge in [0.05, 0.1) is 16.9 Å². The van der Waals surface area contributed by atoms with E-state index in [1.54, 1.807) is 12.4 Å². The van der Waals surface area contributed by atoms with Crippen molar-refractivity contribution in [1.82, 2.24) is 20.3 Å². The molecule has 0 aliphatic carbocycles. The number of aromatic nitrogens is 3. The Morgan fingerprint density at radius 3 is 3.12 bits per heavy atom. The van der Waals surface area contributed by atoms with Crippen LogP contribution < -0.4 is 10.9 Å². The summed E-state index contributed by atoms with van der Waals surface area (Å²) < 4.78 is 0. The van der Waals surface area contributed by atoms with E-state index in [2.05, 4.69) is 20.3 Å². The van der Waals surface area contributed by atoms with Gasteiger partial charge in [0, 0.05) is 23.8 Å². The average molecular weight is 360 g/mol. The van der Waals surface area contributed by atoms with Crippen LogP contribution >= 0.6 is 23.1 Å². The number of thiophene rings is 1. The second-order valence-electron chi connectivity index (χ2n) is 5.22. The Balaban J connectivity index is 1.51. The summed E-state index contributed by atoms with van der Waals surface area (Å²) >= 11 is 2.92. The minimum atomic E-state index is -0.124. The van der Waals surface area contributed by atoms with Gasteiger partial charge in [0.1, 0.15) is 10.7 Å². The van der Waals surface area contributed by atoms with Crippen LogP contribution in [0.3, 0.4) is 0 Å². The Labute approximate surface area is 146 Å². The quantitative estimate of drug-likeness (QED) is 0.704. The number of nitrogens with zero attached hydrogens (tertiary/aromatic N) is 2. The van der Waals surface area contributed by atoms with Crippen LogP contribution in [0.4, 0.5) is 0 Å². The number of rotatable bonds is 6. The minimum Gasteiger partial charge on any atom is -0.351 e. The highest BCUT2D eigenvalue weighted by molar-refractivity contribution is 7.99. The third-order valence-electron chi connectivity index (χ3n) is 3.26. The van der Waals surface area contributed by atoms with Gasteiger partial charge in [-0.2, -0.15) is 0 Å². The van der Waals surface area contributed by atoms with E-state index in [0.717, 1.165) is 15.3 Å². The molecule has 3 aromatic heterocycles. The van der Waals surface area contributed by atoms with Gasteiger partial charge in [-0.3, -0.25) is 14.6 Å². The van der Waals surface area contributed by atoms with Gasteiger partial charge in [-0.05, 0) is 24.6 Å². The standard InChI is InChI=1S/C16H16N4O2S2/c1-10-5-12-15(22)19-13(20-16(12)24-10)8-23-9-14(21)18-7-11-3-2-4-17-6-11/h2-6H,7-9H2,1H3,(H,18,21)(H,19,20,22). The highest BCUT2D eigenvalue weighted by Crippen LogP contribution is 2.20. The number of H-pyrrole nitrogens is 1. The summed E-state index contributed by atoms with van der Waals surface area (Å²) in [4.78, 5) is 36.9. The third-order valence-corrected chi connectivity index (χ3v) is 5.15. The number of amides is 1. The Morgan fingerprint density at radius 2 is 2.33 bits per heavy atom. The number of nitrogens with one attached hydrogen (secondary N) is 2. The Bertz CT molecular complexity index is 905. The first-order chi connectivity index (χ1) is 11.6. The number of aryl methyl sites for hydroxylation is 1. The molecule has 8 heteroatoms. The fraction of sp³-hybridized carbons (Fsp3) is 0.250. The Hall–Kier alpha value is -2.19. The zero-order valence-electron chi connectivity index (χ0n) is 13.0. The van der Waals surface area contributed by atoms with Crippen molar-refractivity contribution in [2.75, 3.05) is 5.75 Å². The van der Waals surface area contributed by atoms with Crippen LogP contribution in [0.2, 0.25) is 0 Å². The highest BCUT2D eigenvalue weighted by Gasteiger charge is 2.08. The van der Waals surface area contributed by atoms with Crippen molar-refractivity contribution in [3.8, 4) is 0 Å². The van der Waals surface area contributed by atoms with E-state index < -0.39 is 0 Å². The van der Waals surface area contributed by atoms with E-state index in [0.29, 0.717) is 29.3 Å². The molecule has 3 rings (SSSR count). The molecule has 0 saturated heterocycles. The molecule has 0 aromatic carbocycles. The van der Waals surface area contributed by atoms with E-state index in [1.165, 1.54) is 23.1 Å². The number of pyridine rings is 1. The lowest BCUT2D eigenvalue weighted by molar-refractivity contribution is -0.118. The lowest BCUT2D eigenvalue weighted by Gasteiger charge is -2.05. The molecule has 0 bridgehead atoms. The predicted octanol–water partition coefficient (Wildman–Crippen LogP) is 2.24. The summed E-state index contributed by atoms with van der Waals surface area (Å²) in [6, 6.07) is 5.59. The van der Waals surface area contributed by atoms with Gasteiger partial charge in [-0.1, -0.05) is 6.07 Å². The van der Waals surface area contributed by atoms with Crippen molar-refractivity contribution in [2.24, 2.45) is 0 Å². The number of carbonyl (C=O) groups excluding carboxylic acids is 1. The second kappa shape index (κ2) is 7.59. The van der Waals surface area contributed by atoms with Gasteiger partial charge >= 0.3 is 0 Å². The SMILES string of the molecule is Cc1cc2c(=O)[nH]c(CSCC(=O)NCc3cccnc3)nc2s1. The fourth-order valence-electron chi connectivity index (χ4n) is 2.16.